The number of imidazole rings is 1. The van der Waals surface area contributed by atoms with Gasteiger partial charge in [-0.05, 0) is 42.5 Å². The molecule has 1 aromatic heterocycles. The second-order valence-corrected chi connectivity index (χ2v) is 8.01. The molecule has 158 valence electrons. The quantitative estimate of drug-likeness (QED) is 0.624. The minimum atomic E-state index is -1.07. The van der Waals surface area contributed by atoms with E-state index in [2.05, 4.69) is 15.6 Å². The largest absolute Gasteiger partial charge is 0.325 e. The van der Waals surface area contributed by atoms with Gasteiger partial charge in [0.1, 0.15) is 12.1 Å². The molecule has 0 bridgehead atoms. The number of nitrogens with one attached hydrogen (secondary N) is 2. The highest BCUT2D eigenvalue weighted by Gasteiger charge is 2.55. The summed E-state index contributed by atoms with van der Waals surface area (Å²) in [5.74, 6) is -0.416. The summed E-state index contributed by atoms with van der Waals surface area (Å²) in [5, 5.41) is 5.63. The van der Waals surface area contributed by atoms with Crippen molar-refractivity contribution in [3.63, 3.8) is 0 Å². The number of rotatable bonds is 5. The predicted octanol–water partition coefficient (Wildman–Crippen LogP) is 2.78. The van der Waals surface area contributed by atoms with Crippen LogP contribution in [0.25, 0.3) is 11.0 Å². The van der Waals surface area contributed by atoms with E-state index >= 15 is 0 Å². The number of amides is 4. The van der Waals surface area contributed by atoms with E-state index in [1.807, 2.05) is 60.0 Å². The number of imide groups is 1. The summed E-state index contributed by atoms with van der Waals surface area (Å²) in [7, 11) is 0. The molecule has 2 heterocycles. The van der Waals surface area contributed by atoms with Gasteiger partial charge in [-0.2, -0.15) is 0 Å². The number of fused-ring (bicyclic) bond motifs is 3. The molecule has 1 atom stereocenters. The predicted molar refractivity (Wildman–Crippen MR) is 115 cm³/mol. The lowest BCUT2D eigenvalue weighted by molar-refractivity contribution is -0.134. The van der Waals surface area contributed by atoms with Crippen molar-refractivity contribution < 1.29 is 14.4 Å². The van der Waals surface area contributed by atoms with Gasteiger partial charge >= 0.3 is 6.03 Å². The van der Waals surface area contributed by atoms with Crippen molar-refractivity contribution >= 4 is 34.8 Å². The van der Waals surface area contributed by atoms with Crippen molar-refractivity contribution in [3.05, 3.63) is 59.7 Å². The van der Waals surface area contributed by atoms with Crippen LogP contribution < -0.4 is 10.6 Å². The lowest BCUT2D eigenvalue weighted by Gasteiger charge is -2.22. The second-order valence-electron chi connectivity index (χ2n) is 8.01. The van der Waals surface area contributed by atoms with Gasteiger partial charge < -0.3 is 9.88 Å². The summed E-state index contributed by atoms with van der Waals surface area (Å²) in [6.07, 6.45) is 2.09. The summed E-state index contributed by atoms with van der Waals surface area (Å²) >= 11 is 0. The number of benzene rings is 2. The van der Waals surface area contributed by atoms with Crippen LogP contribution in [0.2, 0.25) is 0 Å². The van der Waals surface area contributed by atoms with Crippen LogP contribution in [0, 0.1) is 0 Å². The number of carbonyl (C=O) groups is 3. The SMILES string of the molecule is CCCn1c(NC(=O)CN2C(=O)N[C@]3(CCc4ccccc43)C2=O)nc2ccccc21. The van der Waals surface area contributed by atoms with Gasteiger partial charge in [0, 0.05) is 6.54 Å². The van der Waals surface area contributed by atoms with Gasteiger partial charge in [0.05, 0.1) is 11.0 Å². The topological polar surface area (TPSA) is 96.3 Å². The van der Waals surface area contributed by atoms with E-state index in [9.17, 15) is 14.4 Å². The van der Waals surface area contributed by atoms with E-state index < -0.39 is 17.5 Å². The maximum absolute atomic E-state index is 13.2. The zero-order valence-electron chi connectivity index (χ0n) is 17.2. The highest BCUT2D eigenvalue weighted by molar-refractivity contribution is 6.10. The molecular weight excluding hydrogens is 394 g/mol. The van der Waals surface area contributed by atoms with Crippen LogP contribution >= 0.6 is 0 Å². The monoisotopic (exact) mass is 417 g/mol. The Kier molecular flexibility index (Phi) is 4.50. The Morgan fingerprint density at radius 2 is 1.94 bits per heavy atom. The number of aryl methyl sites for hydroxylation is 2. The fraction of sp³-hybridized carbons (Fsp3) is 0.304. The Morgan fingerprint density at radius 1 is 1.16 bits per heavy atom. The molecule has 0 unspecified atom stereocenters. The Labute approximate surface area is 179 Å². The number of urea groups is 1. The van der Waals surface area contributed by atoms with Crippen LogP contribution in [-0.2, 0) is 28.1 Å². The summed E-state index contributed by atoms with van der Waals surface area (Å²) in [6, 6.07) is 14.7. The minimum absolute atomic E-state index is 0.357. The molecule has 8 heteroatoms. The zero-order valence-corrected chi connectivity index (χ0v) is 17.2. The van der Waals surface area contributed by atoms with Gasteiger partial charge in [0.2, 0.25) is 11.9 Å². The number of nitrogens with zero attached hydrogens (tertiary/aromatic N) is 3. The van der Waals surface area contributed by atoms with E-state index in [1.165, 1.54) is 0 Å². The van der Waals surface area contributed by atoms with E-state index in [0.29, 0.717) is 25.3 Å². The molecule has 2 aromatic carbocycles. The number of hydrogen-bond donors (Lipinski definition) is 2. The number of aromatic nitrogens is 2. The molecular formula is C23H23N5O3. The van der Waals surface area contributed by atoms with Gasteiger partial charge in [0.25, 0.3) is 5.91 Å². The van der Waals surface area contributed by atoms with Gasteiger partial charge in [-0.1, -0.05) is 43.3 Å². The Bertz CT molecular complexity index is 1220. The molecule has 0 radical (unpaired) electrons. The van der Waals surface area contributed by atoms with Crippen molar-refractivity contribution in [1.82, 2.24) is 19.8 Å². The standard InChI is InChI=1S/C23H23N5O3/c1-2-13-27-18-10-6-5-9-17(18)24-21(27)25-19(29)14-28-20(30)23(26-22(28)31)12-11-15-7-3-4-8-16(15)23/h3-10H,2,11-14H2,1H3,(H,26,31)(H,24,25,29)/t23-/m0/s1. The third-order valence-corrected chi connectivity index (χ3v) is 6.08. The van der Waals surface area contributed by atoms with Gasteiger partial charge in [-0.25, -0.2) is 9.78 Å². The first-order valence-electron chi connectivity index (χ1n) is 10.5. The average molecular weight is 417 g/mol. The number of para-hydroxylation sites is 2. The van der Waals surface area contributed by atoms with Crippen LogP contribution in [0.3, 0.4) is 0 Å². The van der Waals surface area contributed by atoms with Crippen LogP contribution in [0.15, 0.2) is 48.5 Å². The molecule has 8 nitrogen and oxygen atoms in total. The van der Waals surface area contributed by atoms with Gasteiger partial charge in [-0.15, -0.1) is 0 Å². The summed E-state index contributed by atoms with van der Waals surface area (Å²) in [6.45, 7) is 2.38. The fourth-order valence-electron chi connectivity index (χ4n) is 4.66. The molecule has 1 aliphatic heterocycles. The minimum Gasteiger partial charge on any atom is -0.319 e. The molecule has 1 saturated heterocycles. The molecule has 3 aromatic rings. The molecule has 2 aliphatic rings. The summed E-state index contributed by atoms with van der Waals surface area (Å²) < 4.78 is 1.94. The molecule has 31 heavy (non-hydrogen) atoms. The molecule has 5 rings (SSSR count). The first kappa shape index (κ1) is 19.3. The number of carbonyl (C=O) groups excluding carboxylic acids is 3. The first-order valence-corrected chi connectivity index (χ1v) is 10.5. The van der Waals surface area contributed by atoms with Gasteiger partial charge in [-0.3, -0.25) is 19.8 Å². The normalized spacial score (nSPS) is 19.8. The highest BCUT2D eigenvalue weighted by Crippen LogP contribution is 2.41. The number of anilines is 1. The van der Waals surface area contributed by atoms with E-state index in [-0.39, 0.29) is 12.5 Å². The molecule has 1 spiro atoms. The Hall–Kier alpha value is -3.68. The maximum Gasteiger partial charge on any atom is 0.325 e. The summed E-state index contributed by atoms with van der Waals surface area (Å²) in [4.78, 5) is 44.2. The van der Waals surface area contributed by atoms with Crippen molar-refractivity contribution in [2.45, 2.75) is 38.3 Å². The lowest BCUT2D eigenvalue weighted by Crippen LogP contribution is -2.43. The molecule has 2 N–H and O–H groups in total. The Morgan fingerprint density at radius 3 is 2.77 bits per heavy atom. The smallest absolute Gasteiger partial charge is 0.319 e. The first-order chi connectivity index (χ1) is 15.0. The van der Waals surface area contributed by atoms with Crippen LogP contribution in [-0.4, -0.2) is 38.8 Å². The van der Waals surface area contributed by atoms with Crippen molar-refractivity contribution in [3.8, 4) is 0 Å². The van der Waals surface area contributed by atoms with Crippen LogP contribution in [0.5, 0.6) is 0 Å². The maximum atomic E-state index is 13.2. The van der Waals surface area contributed by atoms with Crippen LogP contribution in [0.4, 0.5) is 10.7 Å². The molecule has 0 saturated carbocycles. The van der Waals surface area contributed by atoms with E-state index in [1.54, 1.807) is 0 Å². The van der Waals surface area contributed by atoms with E-state index in [0.717, 1.165) is 33.5 Å². The molecule has 1 fully saturated rings. The van der Waals surface area contributed by atoms with Crippen molar-refractivity contribution in [1.29, 1.82) is 0 Å². The van der Waals surface area contributed by atoms with E-state index in [4.69, 9.17) is 0 Å². The lowest BCUT2D eigenvalue weighted by atomic mass is 9.92. The van der Waals surface area contributed by atoms with Crippen molar-refractivity contribution in [2.24, 2.45) is 0 Å². The zero-order chi connectivity index (χ0) is 21.6. The average Bonchev–Trinajstić information content (AvgIpc) is 3.38. The molecule has 4 amide bonds. The van der Waals surface area contributed by atoms with Gasteiger partial charge in [0.15, 0.2) is 0 Å². The van der Waals surface area contributed by atoms with Crippen molar-refractivity contribution in [2.75, 3.05) is 11.9 Å². The second kappa shape index (κ2) is 7.23. The highest BCUT2D eigenvalue weighted by atomic mass is 16.2. The third kappa shape index (κ3) is 2.98. The third-order valence-electron chi connectivity index (χ3n) is 6.08. The Balaban J connectivity index is 1.37. The van der Waals surface area contributed by atoms with Crippen LogP contribution in [0.1, 0.15) is 30.9 Å². The summed E-state index contributed by atoms with van der Waals surface area (Å²) in [5.41, 5.74) is 2.51. The molecule has 1 aliphatic carbocycles. The number of hydrogen-bond acceptors (Lipinski definition) is 4. The fourth-order valence-corrected chi connectivity index (χ4v) is 4.66.